The molecule has 0 radical (unpaired) electrons. The molecule has 2 aliphatic rings. The van der Waals surface area contributed by atoms with Crippen LogP contribution in [0.5, 0.6) is 0 Å². The van der Waals surface area contributed by atoms with Crippen molar-refractivity contribution in [1.29, 1.82) is 0 Å². The van der Waals surface area contributed by atoms with Crippen molar-refractivity contribution in [1.82, 2.24) is 15.3 Å². The molecule has 32 heavy (non-hydrogen) atoms. The van der Waals surface area contributed by atoms with E-state index in [2.05, 4.69) is 71.5 Å². The number of aryl methyl sites for hydroxylation is 1. The van der Waals surface area contributed by atoms with E-state index in [9.17, 15) is 0 Å². The summed E-state index contributed by atoms with van der Waals surface area (Å²) in [5.41, 5.74) is 2.45. The fourth-order valence-electron chi connectivity index (χ4n) is 4.50. The van der Waals surface area contributed by atoms with Gasteiger partial charge in [-0.1, -0.05) is 36.8 Å². The summed E-state index contributed by atoms with van der Waals surface area (Å²) in [6.07, 6.45) is 6.12. The zero-order valence-electron chi connectivity index (χ0n) is 19.6. The number of nitrogens with zero attached hydrogens (tertiary/aromatic N) is 4. The maximum atomic E-state index is 5.57. The van der Waals surface area contributed by atoms with Crippen molar-refractivity contribution in [3.8, 4) is 0 Å². The summed E-state index contributed by atoms with van der Waals surface area (Å²) < 4.78 is 0. The molecule has 2 fully saturated rings. The third kappa shape index (κ3) is 5.88. The van der Waals surface area contributed by atoms with Crippen LogP contribution in [0.2, 0.25) is 0 Å². The van der Waals surface area contributed by atoms with E-state index in [1.165, 1.54) is 43.2 Å². The molecule has 172 valence electrons. The summed E-state index contributed by atoms with van der Waals surface area (Å²) in [7, 11) is 0. The molecule has 2 aromatic rings. The molecule has 6 nitrogen and oxygen atoms in total. The van der Waals surface area contributed by atoms with Crippen molar-refractivity contribution < 1.29 is 0 Å². The first-order valence-corrected chi connectivity index (χ1v) is 12.4. The van der Waals surface area contributed by atoms with E-state index in [0.717, 1.165) is 37.2 Å². The highest BCUT2D eigenvalue weighted by atomic mass is 32.1. The molecule has 2 N–H and O–H groups in total. The fraction of sp³-hybridized carbons (Fsp3) is 0.560. The maximum absolute atomic E-state index is 5.57. The zero-order valence-corrected chi connectivity index (χ0v) is 20.4. The lowest BCUT2D eigenvalue weighted by Crippen LogP contribution is -2.39. The second kappa shape index (κ2) is 10.5. The highest BCUT2D eigenvalue weighted by Crippen LogP contribution is 2.29. The summed E-state index contributed by atoms with van der Waals surface area (Å²) in [6.45, 7) is 10.5. The molecule has 0 amide bonds. The summed E-state index contributed by atoms with van der Waals surface area (Å²) >= 11 is 5.57. The molecule has 0 spiro atoms. The van der Waals surface area contributed by atoms with Gasteiger partial charge < -0.3 is 20.4 Å². The molecule has 0 saturated carbocycles. The van der Waals surface area contributed by atoms with E-state index in [0.29, 0.717) is 23.6 Å². The smallest absolute Gasteiger partial charge is 0.232 e. The van der Waals surface area contributed by atoms with Crippen molar-refractivity contribution in [3.63, 3.8) is 0 Å². The Hall–Kier alpha value is -2.41. The Balaban J connectivity index is 1.50. The minimum atomic E-state index is 0.493. The predicted molar refractivity (Wildman–Crippen MR) is 138 cm³/mol. The summed E-state index contributed by atoms with van der Waals surface area (Å²) in [5.74, 6) is 3.37. The van der Waals surface area contributed by atoms with Gasteiger partial charge in [0.05, 0.1) is 0 Å². The van der Waals surface area contributed by atoms with Gasteiger partial charge in [0.1, 0.15) is 11.6 Å². The van der Waals surface area contributed by atoms with Crippen molar-refractivity contribution in [2.24, 2.45) is 5.92 Å². The van der Waals surface area contributed by atoms with Crippen LogP contribution in [-0.4, -0.2) is 40.8 Å². The van der Waals surface area contributed by atoms with Crippen LogP contribution < -0.4 is 20.4 Å². The largest absolute Gasteiger partial charge is 0.358 e. The molecular formula is C25H36N6S. The van der Waals surface area contributed by atoms with Gasteiger partial charge in [-0.15, -0.1) is 0 Å². The van der Waals surface area contributed by atoms with Crippen LogP contribution in [0.3, 0.4) is 0 Å². The molecule has 1 aromatic carbocycles. The second-order valence-electron chi connectivity index (χ2n) is 9.41. The van der Waals surface area contributed by atoms with Gasteiger partial charge in [0, 0.05) is 38.3 Å². The highest BCUT2D eigenvalue weighted by Gasteiger charge is 2.24. The first-order chi connectivity index (χ1) is 15.5. The number of anilines is 3. The number of aromatic nitrogens is 2. The van der Waals surface area contributed by atoms with Gasteiger partial charge in [0.25, 0.3) is 0 Å². The van der Waals surface area contributed by atoms with Crippen molar-refractivity contribution in [2.45, 2.75) is 65.5 Å². The third-order valence-electron chi connectivity index (χ3n) is 6.70. The van der Waals surface area contributed by atoms with Gasteiger partial charge in [0.2, 0.25) is 5.95 Å². The van der Waals surface area contributed by atoms with Crippen molar-refractivity contribution in [3.05, 3.63) is 41.5 Å². The average molecular weight is 453 g/mol. The van der Waals surface area contributed by atoms with E-state index >= 15 is 0 Å². The Morgan fingerprint density at radius 3 is 2.44 bits per heavy atom. The number of nitrogens with one attached hydrogen (secondary N) is 2. The van der Waals surface area contributed by atoms with Crippen LogP contribution in [0.1, 0.15) is 57.1 Å². The number of hydrogen-bond acceptors (Lipinski definition) is 5. The number of benzene rings is 1. The standard InChI is InChI=1S/C25H36N6S/c1-18-7-9-21(10-8-18)17-26-25(32)29-24-27-22(30-14-11-19(2)12-15-30)16-23(28-24)31-13-5-4-6-20(31)3/h7-10,16,19-20H,4-6,11-15,17H2,1-3H3,(H2,26,27,28,29,32)/t20-/m0/s1. The summed E-state index contributed by atoms with van der Waals surface area (Å²) in [4.78, 5) is 14.6. The molecule has 0 unspecified atom stereocenters. The molecule has 2 aliphatic heterocycles. The first-order valence-electron chi connectivity index (χ1n) is 12.0. The van der Waals surface area contributed by atoms with Gasteiger partial charge in [-0.2, -0.15) is 9.97 Å². The van der Waals surface area contributed by atoms with E-state index in [4.69, 9.17) is 22.2 Å². The van der Waals surface area contributed by atoms with Crippen LogP contribution in [0.15, 0.2) is 30.3 Å². The van der Waals surface area contributed by atoms with Gasteiger partial charge >= 0.3 is 0 Å². The monoisotopic (exact) mass is 452 g/mol. The summed E-state index contributed by atoms with van der Waals surface area (Å²) in [5, 5.41) is 7.09. The highest BCUT2D eigenvalue weighted by molar-refractivity contribution is 7.80. The Morgan fingerprint density at radius 2 is 1.72 bits per heavy atom. The molecular weight excluding hydrogens is 416 g/mol. The lowest BCUT2D eigenvalue weighted by molar-refractivity contribution is 0.436. The zero-order chi connectivity index (χ0) is 22.5. The molecule has 4 rings (SSSR count). The maximum Gasteiger partial charge on any atom is 0.232 e. The Labute approximate surface area is 197 Å². The molecule has 3 heterocycles. The summed E-state index contributed by atoms with van der Waals surface area (Å²) in [6, 6.07) is 11.1. The number of rotatable bonds is 5. The SMILES string of the molecule is Cc1ccc(CNC(=S)Nc2nc(N3CCC(C)CC3)cc(N3CCCC[C@@H]3C)n2)cc1. The van der Waals surface area contributed by atoms with E-state index in [1.807, 2.05) is 0 Å². The first kappa shape index (κ1) is 22.8. The van der Waals surface area contributed by atoms with E-state index in [-0.39, 0.29) is 0 Å². The fourth-order valence-corrected chi connectivity index (χ4v) is 4.66. The Morgan fingerprint density at radius 1 is 1.00 bits per heavy atom. The Bertz CT molecular complexity index is 907. The lowest BCUT2D eigenvalue weighted by Gasteiger charge is -2.36. The second-order valence-corrected chi connectivity index (χ2v) is 9.82. The Kier molecular flexibility index (Phi) is 7.45. The van der Waals surface area contributed by atoms with Crippen LogP contribution in [0.4, 0.5) is 17.6 Å². The third-order valence-corrected chi connectivity index (χ3v) is 6.95. The minimum Gasteiger partial charge on any atom is -0.358 e. The van der Waals surface area contributed by atoms with Crippen molar-refractivity contribution >= 4 is 34.9 Å². The number of piperidine rings is 2. The topological polar surface area (TPSA) is 56.3 Å². The predicted octanol–water partition coefficient (Wildman–Crippen LogP) is 4.89. The van der Waals surface area contributed by atoms with Crippen LogP contribution in [0.25, 0.3) is 0 Å². The quantitative estimate of drug-likeness (QED) is 0.627. The molecule has 1 aromatic heterocycles. The number of hydrogen-bond donors (Lipinski definition) is 2. The van der Waals surface area contributed by atoms with Crippen LogP contribution in [-0.2, 0) is 6.54 Å². The molecule has 0 bridgehead atoms. The molecule has 0 aliphatic carbocycles. The van der Waals surface area contributed by atoms with E-state index < -0.39 is 0 Å². The van der Waals surface area contributed by atoms with Crippen LogP contribution >= 0.6 is 12.2 Å². The van der Waals surface area contributed by atoms with Gasteiger partial charge in [-0.3, -0.25) is 0 Å². The van der Waals surface area contributed by atoms with Gasteiger partial charge in [0.15, 0.2) is 5.11 Å². The van der Waals surface area contributed by atoms with Gasteiger partial charge in [-0.25, -0.2) is 0 Å². The van der Waals surface area contributed by atoms with Crippen molar-refractivity contribution in [2.75, 3.05) is 34.8 Å². The minimum absolute atomic E-state index is 0.493. The lowest BCUT2D eigenvalue weighted by atomic mass is 9.99. The van der Waals surface area contributed by atoms with E-state index in [1.54, 1.807) is 0 Å². The number of thiocarbonyl (C=S) groups is 1. The molecule has 2 saturated heterocycles. The van der Waals surface area contributed by atoms with Crippen LogP contribution in [0, 0.1) is 12.8 Å². The average Bonchev–Trinajstić information content (AvgIpc) is 2.79. The molecule has 7 heteroatoms. The van der Waals surface area contributed by atoms with Gasteiger partial charge in [-0.05, 0) is 69.7 Å². The normalized spacial score (nSPS) is 19.7. The molecule has 1 atom stereocenters.